The molecule has 1 fully saturated rings. The first-order valence-corrected chi connectivity index (χ1v) is 8.20. The molecule has 0 aromatic heterocycles. The molecule has 1 unspecified atom stereocenters. The molecule has 21 heavy (non-hydrogen) atoms. The molecule has 1 saturated heterocycles. The van der Waals surface area contributed by atoms with E-state index in [1.165, 1.54) is 17.5 Å². The first-order valence-electron chi connectivity index (χ1n) is 8.20. The smallest absolute Gasteiger partial charge is 0.0501 e. The van der Waals surface area contributed by atoms with Crippen LogP contribution in [-0.2, 0) is 11.2 Å². The zero-order valence-electron chi connectivity index (χ0n) is 13.4. The predicted octanol–water partition coefficient (Wildman–Crippen LogP) is 3.08. The van der Waals surface area contributed by atoms with Crippen molar-refractivity contribution in [3.8, 4) is 0 Å². The molecule has 1 aliphatic heterocycles. The minimum Gasteiger partial charge on any atom is -0.396 e. The third-order valence-electron chi connectivity index (χ3n) is 4.69. The zero-order chi connectivity index (χ0) is 15.1. The molecule has 0 aliphatic carbocycles. The van der Waals surface area contributed by atoms with E-state index in [2.05, 4.69) is 43.4 Å². The van der Waals surface area contributed by atoms with Crippen LogP contribution in [0.3, 0.4) is 0 Å². The minimum atomic E-state index is -0.00530. The maximum atomic E-state index is 9.72. The molecule has 1 atom stereocenters. The van der Waals surface area contributed by atoms with Gasteiger partial charge in [0.15, 0.2) is 0 Å². The van der Waals surface area contributed by atoms with E-state index in [4.69, 9.17) is 4.74 Å². The number of rotatable bonds is 7. The second-order valence-electron chi connectivity index (χ2n) is 6.36. The highest BCUT2D eigenvalue weighted by molar-refractivity contribution is 5.24. The van der Waals surface area contributed by atoms with Crippen LogP contribution in [0.15, 0.2) is 24.3 Å². The molecule has 1 aliphatic rings. The molecule has 118 valence electrons. The first-order chi connectivity index (χ1) is 10.2. The van der Waals surface area contributed by atoms with Crippen molar-refractivity contribution in [1.29, 1.82) is 0 Å². The molecule has 0 saturated carbocycles. The van der Waals surface area contributed by atoms with Crippen LogP contribution in [-0.4, -0.2) is 31.5 Å². The Labute approximate surface area is 128 Å². The Hall–Kier alpha value is -0.900. The van der Waals surface area contributed by atoms with Crippen molar-refractivity contribution in [1.82, 2.24) is 5.32 Å². The summed E-state index contributed by atoms with van der Waals surface area (Å²) in [5.41, 5.74) is 2.72. The van der Waals surface area contributed by atoms with Crippen molar-refractivity contribution in [2.45, 2.75) is 45.6 Å². The van der Waals surface area contributed by atoms with Crippen LogP contribution in [0.2, 0.25) is 0 Å². The van der Waals surface area contributed by atoms with Crippen molar-refractivity contribution < 1.29 is 9.84 Å². The van der Waals surface area contributed by atoms with Crippen molar-refractivity contribution in [3.05, 3.63) is 35.4 Å². The number of ether oxygens (including phenoxy) is 1. The van der Waals surface area contributed by atoms with Crippen molar-refractivity contribution in [2.24, 2.45) is 5.41 Å². The van der Waals surface area contributed by atoms with Gasteiger partial charge in [-0.15, -0.1) is 0 Å². The van der Waals surface area contributed by atoms with Gasteiger partial charge in [0.05, 0.1) is 6.61 Å². The van der Waals surface area contributed by atoms with E-state index in [1.807, 2.05) is 0 Å². The number of benzene rings is 1. The summed E-state index contributed by atoms with van der Waals surface area (Å²) in [5.74, 6) is 0. The van der Waals surface area contributed by atoms with Crippen LogP contribution in [0.1, 0.15) is 50.3 Å². The summed E-state index contributed by atoms with van der Waals surface area (Å²) < 4.78 is 5.42. The van der Waals surface area contributed by atoms with Crippen molar-refractivity contribution in [2.75, 3.05) is 26.4 Å². The maximum absolute atomic E-state index is 9.72. The van der Waals surface area contributed by atoms with E-state index in [0.717, 1.165) is 39.0 Å². The average molecular weight is 291 g/mol. The third kappa shape index (κ3) is 4.53. The first kappa shape index (κ1) is 16.5. The fraction of sp³-hybridized carbons (Fsp3) is 0.667. The van der Waals surface area contributed by atoms with Gasteiger partial charge >= 0.3 is 0 Å². The van der Waals surface area contributed by atoms with Crippen LogP contribution in [0, 0.1) is 5.41 Å². The molecule has 0 bridgehead atoms. The lowest BCUT2D eigenvalue weighted by molar-refractivity contribution is -0.0163. The highest BCUT2D eigenvalue weighted by Crippen LogP contribution is 2.30. The fourth-order valence-electron chi connectivity index (χ4n) is 2.94. The molecule has 3 nitrogen and oxygen atoms in total. The van der Waals surface area contributed by atoms with Gasteiger partial charge in [0.25, 0.3) is 0 Å². The highest BCUT2D eigenvalue weighted by Gasteiger charge is 2.32. The molecule has 1 heterocycles. The third-order valence-corrected chi connectivity index (χ3v) is 4.69. The quantitative estimate of drug-likeness (QED) is 0.811. The average Bonchev–Trinajstić information content (AvgIpc) is 2.54. The zero-order valence-corrected chi connectivity index (χ0v) is 13.4. The Kier molecular flexibility index (Phi) is 6.22. The van der Waals surface area contributed by atoms with E-state index in [-0.39, 0.29) is 12.0 Å². The SMILES string of the molecule is CCCc1ccc(C(C)NCC2(CO)CCOCC2)cc1. The van der Waals surface area contributed by atoms with Gasteiger partial charge in [-0.1, -0.05) is 37.6 Å². The van der Waals surface area contributed by atoms with Gasteiger partial charge in [-0.3, -0.25) is 0 Å². The van der Waals surface area contributed by atoms with Crippen LogP contribution >= 0.6 is 0 Å². The maximum Gasteiger partial charge on any atom is 0.0501 e. The summed E-state index contributed by atoms with van der Waals surface area (Å²) >= 11 is 0. The summed E-state index contributed by atoms with van der Waals surface area (Å²) in [7, 11) is 0. The molecular weight excluding hydrogens is 262 g/mol. The number of aliphatic hydroxyl groups is 1. The van der Waals surface area contributed by atoms with E-state index in [9.17, 15) is 5.11 Å². The second-order valence-corrected chi connectivity index (χ2v) is 6.36. The number of hydrogen-bond donors (Lipinski definition) is 2. The molecule has 1 aromatic rings. The summed E-state index contributed by atoms with van der Waals surface area (Å²) in [6.07, 6.45) is 4.22. The Balaban J connectivity index is 1.89. The van der Waals surface area contributed by atoms with Gasteiger partial charge in [0.1, 0.15) is 0 Å². The molecular formula is C18H29NO2. The lowest BCUT2D eigenvalue weighted by Gasteiger charge is -2.36. The number of nitrogens with one attached hydrogen (secondary N) is 1. The van der Waals surface area contributed by atoms with E-state index < -0.39 is 0 Å². The van der Waals surface area contributed by atoms with Crippen molar-refractivity contribution >= 4 is 0 Å². The van der Waals surface area contributed by atoms with Gasteiger partial charge in [0, 0.05) is 31.2 Å². The van der Waals surface area contributed by atoms with Gasteiger partial charge in [-0.25, -0.2) is 0 Å². The van der Waals surface area contributed by atoms with Crippen molar-refractivity contribution in [3.63, 3.8) is 0 Å². The molecule has 2 rings (SSSR count). The fourth-order valence-corrected chi connectivity index (χ4v) is 2.94. The molecule has 0 radical (unpaired) electrons. The predicted molar refractivity (Wildman–Crippen MR) is 86.4 cm³/mol. The van der Waals surface area contributed by atoms with Crippen LogP contribution in [0.5, 0.6) is 0 Å². The molecule has 2 N–H and O–H groups in total. The Morgan fingerprint density at radius 1 is 1.24 bits per heavy atom. The Morgan fingerprint density at radius 3 is 2.48 bits per heavy atom. The number of aliphatic hydroxyl groups excluding tert-OH is 1. The monoisotopic (exact) mass is 291 g/mol. The van der Waals surface area contributed by atoms with Gasteiger partial charge in [-0.2, -0.15) is 0 Å². The normalized spacial score (nSPS) is 19.4. The second kappa shape index (κ2) is 7.92. The molecule has 0 spiro atoms. The molecule has 0 amide bonds. The highest BCUT2D eigenvalue weighted by atomic mass is 16.5. The van der Waals surface area contributed by atoms with E-state index in [0.29, 0.717) is 6.04 Å². The largest absolute Gasteiger partial charge is 0.396 e. The summed E-state index contributed by atoms with van der Waals surface area (Å²) in [6.45, 7) is 7.03. The van der Waals surface area contributed by atoms with E-state index >= 15 is 0 Å². The lowest BCUT2D eigenvalue weighted by atomic mass is 9.80. The number of aryl methyl sites for hydroxylation is 1. The Morgan fingerprint density at radius 2 is 1.90 bits per heavy atom. The molecule has 1 aromatic carbocycles. The van der Waals surface area contributed by atoms with Crippen LogP contribution in [0.4, 0.5) is 0 Å². The summed E-state index contributed by atoms with van der Waals surface area (Å²) in [4.78, 5) is 0. The van der Waals surface area contributed by atoms with Gasteiger partial charge in [0.2, 0.25) is 0 Å². The van der Waals surface area contributed by atoms with Crippen LogP contribution in [0.25, 0.3) is 0 Å². The summed E-state index contributed by atoms with van der Waals surface area (Å²) in [5, 5.41) is 13.3. The molecule has 3 heteroatoms. The minimum absolute atomic E-state index is 0.00530. The van der Waals surface area contributed by atoms with Crippen LogP contribution < -0.4 is 5.32 Å². The Bertz CT molecular complexity index is 410. The van der Waals surface area contributed by atoms with Gasteiger partial charge in [-0.05, 0) is 37.3 Å². The lowest BCUT2D eigenvalue weighted by Crippen LogP contribution is -2.42. The van der Waals surface area contributed by atoms with Gasteiger partial charge < -0.3 is 15.2 Å². The topological polar surface area (TPSA) is 41.5 Å². The van der Waals surface area contributed by atoms with E-state index in [1.54, 1.807) is 0 Å². The summed E-state index contributed by atoms with van der Waals surface area (Å²) in [6, 6.07) is 9.21. The number of hydrogen-bond acceptors (Lipinski definition) is 3. The standard InChI is InChI=1S/C18H29NO2/c1-3-4-16-5-7-17(8-6-16)15(2)19-13-18(14-20)9-11-21-12-10-18/h5-8,15,19-20H,3-4,9-14H2,1-2H3.